The van der Waals surface area contributed by atoms with Crippen molar-refractivity contribution in [2.45, 2.75) is 20.0 Å². The first-order chi connectivity index (χ1) is 15.3. The summed E-state index contributed by atoms with van der Waals surface area (Å²) in [6, 6.07) is 13.6. The van der Waals surface area contributed by atoms with E-state index in [1.807, 2.05) is 30.3 Å². The van der Waals surface area contributed by atoms with Crippen molar-refractivity contribution in [2.24, 2.45) is 7.05 Å². The van der Waals surface area contributed by atoms with Crippen molar-refractivity contribution in [3.63, 3.8) is 0 Å². The Morgan fingerprint density at radius 1 is 1.09 bits per heavy atom. The van der Waals surface area contributed by atoms with Crippen LogP contribution in [0.3, 0.4) is 0 Å². The molecule has 1 aromatic carbocycles. The zero-order chi connectivity index (χ0) is 23.3. The monoisotopic (exact) mass is 454 g/mol. The number of amides is 1. The van der Waals surface area contributed by atoms with Gasteiger partial charge >= 0.3 is 11.9 Å². The predicted octanol–water partition coefficient (Wildman–Crippen LogP) is 3.47. The van der Waals surface area contributed by atoms with Crippen LogP contribution >= 0.6 is 11.3 Å². The second kappa shape index (κ2) is 10.1. The molecule has 1 N–H and O–H groups in total. The van der Waals surface area contributed by atoms with Crippen LogP contribution in [-0.2, 0) is 21.3 Å². The van der Waals surface area contributed by atoms with Crippen LogP contribution in [0.1, 0.15) is 34.6 Å². The number of ether oxygens (including phenoxy) is 2. The minimum atomic E-state index is -1.16. The standard InChI is InChI=1S/C23H22N2O6S/c1-4-30-23(29)17-13-18(15-8-6-5-7-9-15)32-21(17)24-20(27)14(2)31-22(28)16-10-11-25(3)19(26)12-16/h5-14H,4H2,1-3H3,(H,24,27). The number of benzene rings is 1. The third-order valence-corrected chi connectivity index (χ3v) is 5.62. The van der Waals surface area contributed by atoms with Crippen molar-refractivity contribution in [1.82, 2.24) is 4.57 Å². The van der Waals surface area contributed by atoms with Crippen LogP contribution in [-0.4, -0.2) is 35.1 Å². The van der Waals surface area contributed by atoms with Crippen LogP contribution in [0.5, 0.6) is 0 Å². The van der Waals surface area contributed by atoms with Crippen LogP contribution in [0.2, 0.25) is 0 Å². The van der Waals surface area contributed by atoms with E-state index in [2.05, 4.69) is 5.32 Å². The number of hydrogen-bond acceptors (Lipinski definition) is 7. The van der Waals surface area contributed by atoms with E-state index in [9.17, 15) is 19.2 Å². The molecule has 0 saturated heterocycles. The van der Waals surface area contributed by atoms with Gasteiger partial charge in [-0.3, -0.25) is 9.59 Å². The zero-order valence-electron chi connectivity index (χ0n) is 17.8. The Bertz CT molecular complexity index is 1200. The van der Waals surface area contributed by atoms with Crippen molar-refractivity contribution in [3.8, 4) is 10.4 Å². The third-order valence-electron chi connectivity index (χ3n) is 4.52. The molecule has 2 aromatic heterocycles. The van der Waals surface area contributed by atoms with Gasteiger partial charge in [-0.15, -0.1) is 11.3 Å². The number of thiophene rings is 1. The molecule has 0 spiro atoms. The number of pyridine rings is 1. The van der Waals surface area contributed by atoms with E-state index >= 15 is 0 Å². The van der Waals surface area contributed by atoms with Gasteiger partial charge in [-0.25, -0.2) is 9.59 Å². The SMILES string of the molecule is CCOC(=O)c1cc(-c2ccccc2)sc1NC(=O)C(C)OC(=O)c1ccn(C)c(=O)c1. The molecular weight excluding hydrogens is 432 g/mol. The van der Waals surface area contributed by atoms with Crippen molar-refractivity contribution in [3.05, 3.63) is 76.2 Å². The lowest BCUT2D eigenvalue weighted by Crippen LogP contribution is -2.30. The lowest BCUT2D eigenvalue weighted by Gasteiger charge is -2.13. The van der Waals surface area contributed by atoms with E-state index in [1.165, 1.54) is 35.1 Å². The maximum Gasteiger partial charge on any atom is 0.341 e. The maximum absolute atomic E-state index is 12.7. The molecule has 8 nitrogen and oxygen atoms in total. The number of hydrogen-bond donors (Lipinski definition) is 1. The minimum absolute atomic E-state index is 0.0439. The lowest BCUT2D eigenvalue weighted by atomic mass is 10.1. The van der Waals surface area contributed by atoms with Gasteiger partial charge in [-0.1, -0.05) is 30.3 Å². The molecule has 2 heterocycles. The number of carbonyl (C=O) groups is 3. The molecule has 1 amide bonds. The molecule has 0 aliphatic rings. The molecule has 32 heavy (non-hydrogen) atoms. The molecular formula is C23H22N2O6S. The Kier molecular flexibility index (Phi) is 7.21. The van der Waals surface area contributed by atoms with E-state index in [0.29, 0.717) is 5.00 Å². The van der Waals surface area contributed by atoms with Gasteiger partial charge in [0.1, 0.15) is 5.00 Å². The predicted molar refractivity (Wildman–Crippen MR) is 121 cm³/mol. The first-order valence-electron chi connectivity index (χ1n) is 9.85. The van der Waals surface area contributed by atoms with Gasteiger partial charge in [0.25, 0.3) is 11.5 Å². The van der Waals surface area contributed by atoms with Crippen molar-refractivity contribution >= 4 is 34.2 Å². The van der Waals surface area contributed by atoms with Crippen LogP contribution in [0.15, 0.2) is 59.5 Å². The summed E-state index contributed by atoms with van der Waals surface area (Å²) in [6.07, 6.45) is 0.273. The van der Waals surface area contributed by atoms with Crippen molar-refractivity contribution in [1.29, 1.82) is 0 Å². The quantitative estimate of drug-likeness (QED) is 0.548. The van der Waals surface area contributed by atoms with Gasteiger partial charge in [-0.2, -0.15) is 0 Å². The Morgan fingerprint density at radius 3 is 2.47 bits per heavy atom. The third kappa shape index (κ3) is 5.30. The van der Waals surface area contributed by atoms with Gasteiger partial charge in [0.05, 0.1) is 17.7 Å². The number of rotatable bonds is 7. The average Bonchev–Trinajstić information content (AvgIpc) is 3.20. The van der Waals surface area contributed by atoms with Crippen LogP contribution in [0.25, 0.3) is 10.4 Å². The first-order valence-corrected chi connectivity index (χ1v) is 10.7. The zero-order valence-corrected chi connectivity index (χ0v) is 18.6. The maximum atomic E-state index is 12.7. The van der Waals surface area contributed by atoms with E-state index in [-0.39, 0.29) is 23.3 Å². The molecule has 0 radical (unpaired) electrons. The molecule has 1 atom stereocenters. The number of carbonyl (C=O) groups excluding carboxylic acids is 3. The summed E-state index contributed by atoms with van der Waals surface area (Å²) in [7, 11) is 1.55. The van der Waals surface area contributed by atoms with Gasteiger partial charge in [0.2, 0.25) is 0 Å². The molecule has 0 aliphatic carbocycles. The number of nitrogens with zero attached hydrogens (tertiary/aromatic N) is 1. The highest BCUT2D eigenvalue weighted by Gasteiger charge is 2.24. The molecule has 166 valence electrons. The fourth-order valence-corrected chi connectivity index (χ4v) is 3.81. The number of aryl methyl sites for hydroxylation is 1. The summed E-state index contributed by atoms with van der Waals surface area (Å²) >= 11 is 1.21. The van der Waals surface area contributed by atoms with E-state index in [1.54, 1.807) is 20.0 Å². The first kappa shape index (κ1) is 23.0. The lowest BCUT2D eigenvalue weighted by molar-refractivity contribution is -0.123. The van der Waals surface area contributed by atoms with Crippen LogP contribution < -0.4 is 10.9 Å². The summed E-state index contributed by atoms with van der Waals surface area (Å²) in [5, 5.41) is 2.95. The Labute approximate surface area is 188 Å². The van der Waals surface area contributed by atoms with Crippen molar-refractivity contribution < 1.29 is 23.9 Å². The molecule has 0 fully saturated rings. The molecule has 0 aliphatic heterocycles. The smallest absolute Gasteiger partial charge is 0.341 e. The average molecular weight is 455 g/mol. The van der Waals surface area contributed by atoms with E-state index < -0.39 is 23.9 Å². The number of anilines is 1. The topological polar surface area (TPSA) is 104 Å². The second-order valence-corrected chi connectivity index (χ2v) is 7.89. The van der Waals surface area contributed by atoms with Gasteiger partial charge in [0, 0.05) is 24.2 Å². The molecule has 3 aromatic rings. The molecule has 0 bridgehead atoms. The molecule has 9 heteroatoms. The van der Waals surface area contributed by atoms with Crippen LogP contribution in [0, 0.1) is 0 Å². The normalized spacial score (nSPS) is 11.5. The van der Waals surface area contributed by atoms with Gasteiger partial charge < -0.3 is 19.4 Å². The Morgan fingerprint density at radius 2 is 1.81 bits per heavy atom. The summed E-state index contributed by atoms with van der Waals surface area (Å²) in [5.41, 5.74) is 0.771. The number of aromatic nitrogens is 1. The molecule has 0 saturated carbocycles. The summed E-state index contributed by atoms with van der Waals surface area (Å²) in [5.74, 6) is -1.98. The summed E-state index contributed by atoms with van der Waals surface area (Å²) < 4.78 is 11.6. The largest absolute Gasteiger partial charge is 0.462 e. The molecule has 3 rings (SSSR count). The van der Waals surface area contributed by atoms with E-state index in [4.69, 9.17) is 9.47 Å². The fraction of sp³-hybridized carbons (Fsp3) is 0.217. The number of nitrogens with one attached hydrogen (secondary N) is 1. The highest BCUT2D eigenvalue weighted by atomic mass is 32.1. The Balaban J connectivity index is 1.78. The van der Waals surface area contributed by atoms with Crippen molar-refractivity contribution in [2.75, 3.05) is 11.9 Å². The fourth-order valence-electron chi connectivity index (χ4n) is 2.76. The summed E-state index contributed by atoms with van der Waals surface area (Å²) in [4.78, 5) is 49.9. The minimum Gasteiger partial charge on any atom is -0.462 e. The highest BCUT2D eigenvalue weighted by molar-refractivity contribution is 7.20. The number of esters is 2. The Hall–Kier alpha value is -3.72. The van der Waals surface area contributed by atoms with E-state index in [0.717, 1.165) is 16.5 Å². The van der Waals surface area contributed by atoms with Crippen LogP contribution in [0.4, 0.5) is 5.00 Å². The molecule has 1 unspecified atom stereocenters. The van der Waals surface area contributed by atoms with Gasteiger partial charge in [-0.05, 0) is 31.5 Å². The second-order valence-electron chi connectivity index (χ2n) is 6.84. The summed E-state index contributed by atoms with van der Waals surface area (Å²) in [6.45, 7) is 3.29. The highest BCUT2D eigenvalue weighted by Crippen LogP contribution is 2.36. The van der Waals surface area contributed by atoms with Gasteiger partial charge in [0.15, 0.2) is 6.10 Å².